The van der Waals surface area contributed by atoms with Gasteiger partial charge >= 0.3 is 0 Å². The number of halogens is 1. The van der Waals surface area contributed by atoms with Crippen LogP contribution in [0.2, 0.25) is 0 Å². The van der Waals surface area contributed by atoms with Crippen molar-refractivity contribution >= 4 is 0 Å². The third-order valence-corrected chi connectivity index (χ3v) is 2.60. The highest BCUT2D eigenvalue weighted by atomic mass is 19.1. The van der Waals surface area contributed by atoms with Crippen LogP contribution in [0.15, 0.2) is 0 Å². The number of ether oxygens (including phenoxy) is 4. The number of aliphatic hydroxyl groups is 1. The molecule has 0 saturated heterocycles. The van der Waals surface area contributed by atoms with Crippen molar-refractivity contribution in [1.82, 2.24) is 0 Å². The van der Waals surface area contributed by atoms with Gasteiger partial charge in [0.15, 0.2) is 6.17 Å². The van der Waals surface area contributed by atoms with Gasteiger partial charge < -0.3 is 24.1 Å². The molecule has 5 nitrogen and oxygen atoms in total. The fraction of sp³-hybridized carbons (Fsp3) is 1.00. The minimum Gasteiger partial charge on any atom is -0.390 e. The van der Waals surface area contributed by atoms with Crippen molar-refractivity contribution in [3.05, 3.63) is 0 Å². The fourth-order valence-electron chi connectivity index (χ4n) is 1.87. The molecular weight excluding hydrogens is 219 g/mol. The molecule has 0 aromatic heterocycles. The number of rotatable bonds is 7. The van der Waals surface area contributed by atoms with Crippen molar-refractivity contribution in [1.29, 1.82) is 0 Å². The second-order valence-electron chi connectivity index (χ2n) is 3.82. The predicted octanol–water partition coefficient (Wildman–Crippen LogP) is 0.315. The first kappa shape index (κ1) is 13.8. The summed E-state index contributed by atoms with van der Waals surface area (Å²) in [5, 5.41) is 9.41. The summed E-state index contributed by atoms with van der Waals surface area (Å²) in [5.41, 5.74) is 0. The van der Waals surface area contributed by atoms with Gasteiger partial charge in [-0.3, -0.25) is 0 Å². The molecule has 0 unspecified atom stereocenters. The van der Waals surface area contributed by atoms with Gasteiger partial charge in [0, 0.05) is 20.1 Å². The van der Waals surface area contributed by atoms with Crippen LogP contribution >= 0.6 is 0 Å². The highest BCUT2D eigenvalue weighted by Crippen LogP contribution is 2.31. The third kappa shape index (κ3) is 3.64. The minimum atomic E-state index is -1.38. The maximum Gasteiger partial charge on any atom is 0.152 e. The molecule has 0 bridgehead atoms. The van der Waals surface area contributed by atoms with Crippen molar-refractivity contribution in [2.24, 2.45) is 5.92 Å². The Balaban J connectivity index is 2.39. The van der Waals surface area contributed by atoms with E-state index in [1.54, 1.807) is 0 Å². The van der Waals surface area contributed by atoms with E-state index in [-0.39, 0.29) is 19.5 Å². The fourth-order valence-corrected chi connectivity index (χ4v) is 1.87. The lowest BCUT2D eigenvalue weighted by atomic mass is 10.1. The molecule has 1 aliphatic rings. The van der Waals surface area contributed by atoms with Gasteiger partial charge in [-0.1, -0.05) is 0 Å². The molecule has 0 aliphatic heterocycles. The lowest BCUT2D eigenvalue weighted by molar-refractivity contribution is -0.124. The zero-order chi connectivity index (χ0) is 12.0. The van der Waals surface area contributed by atoms with E-state index in [1.807, 2.05) is 0 Å². The number of hydrogen-bond acceptors (Lipinski definition) is 5. The van der Waals surface area contributed by atoms with Crippen molar-refractivity contribution in [3.63, 3.8) is 0 Å². The van der Waals surface area contributed by atoms with Crippen LogP contribution in [-0.2, 0) is 18.9 Å². The number of hydrogen-bond donors (Lipinski definition) is 1. The van der Waals surface area contributed by atoms with Crippen LogP contribution in [-0.4, -0.2) is 57.9 Å². The van der Waals surface area contributed by atoms with E-state index in [2.05, 4.69) is 0 Å². The number of aliphatic hydroxyl groups excluding tert-OH is 1. The molecule has 0 heterocycles. The van der Waals surface area contributed by atoms with Gasteiger partial charge in [-0.2, -0.15) is 0 Å². The summed E-state index contributed by atoms with van der Waals surface area (Å²) in [7, 11) is 2.98. The standard InChI is InChI=1S/C10H19FO5/c1-13-5-15-4-7-3-8(12)9(11)10(7)16-6-14-2/h7-10,12H,3-6H2,1-2H3/t7-,8-,9-,10-/m1/s1. The topological polar surface area (TPSA) is 57.2 Å². The summed E-state index contributed by atoms with van der Waals surface area (Å²) in [6.45, 7) is 0.471. The van der Waals surface area contributed by atoms with E-state index < -0.39 is 18.4 Å². The van der Waals surface area contributed by atoms with Crippen molar-refractivity contribution in [3.8, 4) is 0 Å². The van der Waals surface area contributed by atoms with Gasteiger partial charge in [0.05, 0.1) is 18.8 Å². The van der Waals surface area contributed by atoms with Gasteiger partial charge in [0.2, 0.25) is 0 Å². The highest BCUT2D eigenvalue weighted by Gasteiger charge is 2.43. The zero-order valence-corrected chi connectivity index (χ0v) is 9.60. The van der Waals surface area contributed by atoms with Gasteiger partial charge in [0.1, 0.15) is 13.6 Å². The maximum absolute atomic E-state index is 13.5. The second kappa shape index (κ2) is 7.13. The molecule has 1 N–H and O–H groups in total. The molecule has 1 rings (SSSR count). The normalized spacial score (nSPS) is 34.5. The molecule has 1 saturated carbocycles. The van der Waals surface area contributed by atoms with E-state index >= 15 is 0 Å². The van der Waals surface area contributed by atoms with Gasteiger partial charge in [0.25, 0.3) is 0 Å². The molecule has 0 spiro atoms. The molecular formula is C10H19FO5. The third-order valence-electron chi connectivity index (χ3n) is 2.60. The van der Waals surface area contributed by atoms with Crippen molar-refractivity contribution in [2.75, 3.05) is 34.4 Å². The molecule has 16 heavy (non-hydrogen) atoms. The largest absolute Gasteiger partial charge is 0.390 e. The predicted molar refractivity (Wildman–Crippen MR) is 53.6 cm³/mol. The van der Waals surface area contributed by atoms with E-state index in [0.29, 0.717) is 13.0 Å². The molecule has 0 aromatic carbocycles. The molecule has 96 valence electrons. The SMILES string of the molecule is COCOC[C@H]1C[C@@H](O)[C@@H](F)[C@@H]1OCOC. The summed E-state index contributed by atoms with van der Waals surface area (Å²) < 4.78 is 33.4. The molecule has 1 aliphatic carbocycles. The van der Waals surface area contributed by atoms with Crippen LogP contribution in [0, 0.1) is 5.92 Å². The molecule has 0 radical (unpaired) electrons. The van der Waals surface area contributed by atoms with Crippen LogP contribution in [0.3, 0.4) is 0 Å². The molecule has 1 fully saturated rings. The first-order chi connectivity index (χ1) is 7.70. The first-order valence-electron chi connectivity index (χ1n) is 5.20. The Hall–Kier alpha value is -0.270. The number of methoxy groups -OCH3 is 2. The monoisotopic (exact) mass is 238 g/mol. The highest BCUT2D eigenvalue weighted by molar-refractivity contribution is 4.92. The van der Waals surface area contributed by atoms with E-state index in [9.17, 15) is 9.50 Å². The summed E-state index contributed by atoms with van der Waals surface area (Å²) in [4.78, 5) is 0. The maximum atomic E-state index is 13.5. The van der Waals surface area contributed by atoms with E-state index in [1.165, 1.54) is 14.2 Å². The first-order valence-corrected chi connectivity index (χ1v) is 5.20. The van der Waals surface area contributed by atoms with Gasteiger partial charge in [-0.25, -0.2) is 4.39 Å². The molecule has 4 atom stereocenters. The Bertz CT molecular complexity index is 192. The quantitative estimate of drug-likeness (QED) is 0.511. The zero-order valence-electron chi connectivity index (χ0n) is 9.60. The van der Waals surface area contributed by atoms with Crippen LogP contribution in [0.1, 0.15) is 6.42 Å². The van der Waals surface area contributed by atoms with E-state index in [4.69, 9.17) is 18.9 Å². The summed E-state index contributed by atoms with van der Waals surface area (Å²) >= 11 is 0. The molecule has 6 heteroatoms. The van der Waals surface area contributed by atoms with Crippen LogP contribution in [0.5, 0.6) is 0 Å². The van der Waals surface area contributed by atoms with E-state index in [0.717, 1.165) is 0 Å². The van der Waals surface area contributed by atoms with Crippen molar-refractivity contribution in [2.45, 2.75) is 24.8 Å². The lowest BCUT2D eigenvalue weighted by Gasteiger charge is -2.20. The summed E-state index contributed by atoms with van der Waals surface area (Å²) in [5.74, 6) is -0.171. The Morgan fingerprint density at radius 2 is 1.94 bits per heavy atom. The van der Waals surface area contributed by atoms with Crippen LogP contribution in [0.4, 0.5) is 4.39 Å². The van der Waals surface area contributed by atoms with Crippen molar-refractivity contribution < 1.29 is 28.4 Å². The summed E-state index contributed by atoms with van der Waals surface area (Å²) in [6, 6.07) is 0. The minimum absolute atomic E-state index is 0.0125. The average molecular weight is 238 g/mol. The van der Waals surface area contributed by atoms with Crippen LogP contribution in [0.25, 0.3) is 0 Å². The Labute approximate surface area is 94.4 Å². The summed E-state index contributed by atoms with van der Waals surface area (Å²) in [6.07, 6.45) is -2.71. The Kier molecular flexibility index (Phi) is 6.15. The number of alkyl halides is 1. The lowest BCUT2D eigenvalue weighted by Crippen LogP contribution is -2.32. The Morgan fingerprint density at radius 3 is 2.56 bits per heavy atom. The second-order valence-corrected chi connectivity index (χ2v) is 3.82. The average Bonchev–Trinajstić information content (AvgIpc) is 2.53. The van der Waals surface area contributed by atoms with Crippen LogP contribution < -0.4 is 0 Å². The molecule has 0 amide bonds. The van der Waals surface area contributed by atoms with Gasteiger partial charge in [-0.15, -0.1) is 0 Å². The Morgan fingerprint density at radius 1 is 1.25 bits per heavy atom. The molecule has 0 aromatic rings. The van der Waals surface area contributed by atoms with Gasteiger partial charge in [-0.05, 0) is 6.42 Å². The smallest absolute Gasteiger partial charge is 0.152 e.